The van der Waals surface area contributed by atoms with E-state index in [4.69, 9.17) is 14.6 Å². The molecule has 2 aromatic rings. The first-order valence-electron chi connectivity index (χ1n) is 4.23. The molecule has 0 aliphatic carbocycles. The van der Waals surface area contributed by atoms with Crippen LogP contribution in [0.1, 0.15) is 5.76 Å². The number of fused-ring (bicyclic) bond motifs is 1. The lowest BCUT2D eigenvalue weighted by Gasteiger charge is -1.90. The number of phenols is 1. The highest BCUT2D eigenvalue weighted by molar-refractivity contribution is 5.87. The Labute approximate surface area is 84.2 Å². The maximum Gasteiger partial charge on any atom is 0.311 e. The fourth-order valence-electron chi connectivity index (χ4n) is 1.38. The average molecular weight is 208 g/mol. The SMILES string of the molecule is O=C(O)Cc1oc2cc(O)ccc2c1O. The van der Waals surface area contributed by atoms with Crippen LogP contribution in [0, 0.1) is 0 Å². The Balaban J connectivity index is 2.58. The van der Waals surface area contributed by atoms with E-state index < -0.39 is 5.97 Å². The highest BCUT2D eigenvalue weighted by Crippen LogP contribution is 2.33. The van der Waals surface area contributed by atoms with E-state index in [1.165, 1.54) is 18.2 Å². The second kappa shape index (κ2) is 3.20. The van der Waals surface area contributed by atoms with Gasteiger partial charge in [-0.2, -0.15) is 0 Å². The van der Waals surface area contributed by atoms with Gasteiger partial charge in [0, 0.05) is 6.07 Å². The number of carbonyl (C=O) groups is 1. The van der Waals surface area contributed by atoms with Crippen molar-refractivity contribution in [2.45, 2.75) is 6.42 Å². The fourth-order valence-corrected chi connectivity index (χ4v) is 1.38. The largest absolute Gasteiger partial charge is 0.508 e. The first kappa shape index (κ1) is 9.39. The third-order valence-electron chi connectivity index (χ3n) is 2.03. The molecule has 0 unspecified atom stereocenters. The first-order valence-corrected chi connectivity index (χ1v) is 4.23. The van der Waals surface area contributed by atoms with Crippen molar-refractivity contribution in [3.05, 3.63) is 24.0 Å². The average Bonchev–Trinajstić information content (AvgIpc) is 2.42. The van der Waals surface area contributed by atoms with Crippen LogP contribution in [-0.2, 0) is 11.2 Å². The van der Waals surface area contributed by atoms with Gasteiger partial charge in [-0.05, 0) is 12.1 Å². The summed E-state index contributed by atoms with van der Waals surface area (Å²) in [5.74, 6) is -1.29. The monoisotopic (exact) mass is 208 g/mol. The van der Waals surface area contributed by atoms with Crippen molar-refractivity contribution in [1.82, 2.24) is 0 Å². The molecule has 0 bridgehead atoms. The van der Waals surface area contributed by atoms with Gasteiger partial charge in [0.25, 0.3) is 0 Å². The molecule has 0 saturated heterocycles. The Kier molecular flexibility index (Phi) is 2.00. The van der Waals surface area contributed by atoms with Crippen LogP contribution in [0.2, 0.25) is 0 Å². The molecule has 0 aliphatic rings. The molecule has 0 saturated carbocycles. The van der Waals surface area contributed by atoms with Crippen LogP contribution >= 0.6 is 0 Å². The van der Waals surface area contributed by atoms with Crippen LogP contribution in [0.25, 0.3) is 11.0 Å². The van der Waals surface area contributed by atoms with Crippen molar-refractivity contribution in [2.24, 2.45) is 0 Å². The number of carboxylic acids is 1. The minimum absolute atomic E-state index is 0.00174. The highest BCUT2D eigenvalue weighted by Gasteiger charge is 2.15. The van der Waals surface area contributed by atoms with Crippen LogP contribution in [0.4, 0.5) is 0 Å². The van der Waals surface area contributed by atoms with E-state index in [9.17, 15) is 9.90 Å². The molecule has 3 N–H and O–H groups in total. The summed E-state index contributed by atoms with van der Waals surface area (Å²) in [5, 5.41) is 27.7. The Morgan fingerprint density at radius 2 is 2.07 bits per heavy atom. The standard InChI is InChI=1S/C10H8O5/c11-5-1-2-6-7(3-5)15-8(10(6)14)4-9(12)13/h1-3,11,14H,4H2,(H,12,13). The van der Waals surface area contributed by atoms with Crippen LogP contribution in [-0.4, -0.2) is 21.3 Å². The quantitative estimate of drug-likeness (QED) is 0.695. The van der Waals surface area contributed by atoms with E-state index in [0.717, 1.165) is 0 Å². The lowest BCUT2D eigenvalue weighted by atomic mass is 10.2. The van der Waals surface area contributed by atoms with Gasteiger partial charge < -0.3 is 19.7 Å². The fraction of sp³-hybridized carbons (Fsp3) is 0.100. The van der Waals surface area contributed by atoms with E-state index in [2.05, 4.69) is 0 Å². The first-order chi connectivity index (χ1) is 7.08. The van der Waals surface area contributed by atoms with Crippen LogP contribution in [0.3, 0.4) is 0 Å². The third kappa shape index (κ3) is 1.59. The Bertz CT molecular complexity index is 526. The zero-order chi connectivity index (χ0) is 11.0. The van der Waals surface area contributed by atoms with Gasteiger partial charge in [0.1, 0.15) is 17.8 Å². The summed E-state index contributed by atoms with van der Waals surface area (Å²) in [6.45, 7) is 0. The summed E-state index contributed by atoms with van der Waals surface area (Å²) in [5.41, 5.74) is 0.267. The molecule has 0 spiro atoms. The Morgan fingerprint density at radius 1 is 1.33 bits per heavy atom. The molecule has 5 heteroatoms. The normalized spacial score (nSPS) is 10.7. The van der Waals surface area contributed by atoms with Crippen molar-refractivity contribution in [3.8, 4) is 11.5 Å². The van der Waals surface area contributed by atoms with Crippen LogP contribution in [0.5, 0.6) is 11.5 Å². The number of aromatic hydroxyl groups is 2. The lowest BCUT2D eigenvalue weighted by molar-refractivity contribution is -0.136. The van der Waals surface area contributed by atoms with Crippen LogP contribution in [0.15, 0.2) is 22.6 Å². The van der Waals surface area contributed by atoms with E-state index in [1.54, 1.807) is 0 Å². The number of aliphatic carboxylic acids is 1. The number of hydrogen-bond acceptors (Lipinski definition) is 4. The molecular formula is C10H8O5. The molecule has 0 fully saturated rings. The number of furan rings is 1. The van der Waals surface area contributed by atoms with Crippen molar-refractivity contribution in [3.63, 3.8) is 0 Å². The zero-order valence-electron chi connectivity index (χ0n) is 7.60. The van der Waals surface area contributed by atoms with Crippen molar-refractivity contribution >= 4 is 16.9 Å². The Morgan fingerprint density at radius 3 is 2.73 bits per heavy atom. The number of carboxylic acid groups (broad SMARTS) is 1. The Hall–Kier alpha value is -2.17. The number of benzene rings is 1. The van der Waals surface area contributed by atoms with E-state index in [1.807, 2.05) is 0 Å². The third-order valence-corrected chi connectivity index (χ3v) is 2.03. The second-order valence-corrected chi connectivity index (χ2v) is 3.12. The van der Waals surface area contributed by atoms with Gasteiger partial charge in [-0.1, -0.05) is 0 Å². The highest BCUT2D eigenvalue weighted by atomic mass is 16.4. The van der Waals surface area contributed by atoms with Gasteiger partial charge in [0.05, 0.1) is 5.39 Å². The van der Waals surface area contributed by atoms with E-state index in [0.29, 0.717) is 5.39 Å². The van der Waals surface area contributed by atoms with Gasteiger partial charge in [-0.3, -0.25) is 4.79 Å². The molecule has 1 aromatic heterocycles. The molecule has 0 aliphatic heterocycles. The minimum atomic E-state index is -1.09. The predicted octanol–water partition coefficient (Wildman–Crippen LogP) is 1.47. The summed E-state index contributed by atoms with van der Waals surface area (Å²) in [6, 6.07) is 4.18. The summed E-state index contributed by atoms with van der Waals surface area (Å²) in [7, 11) is 0. The maximum absolute atomic E-state index is 10.4. The summed E-state index contributed by atoms with van der Waals surface area (Å²) < 4.78 is 5.10. The summed E-state index contributed by atoms with van der Waals surface area (Å²) >= 11 is 0. The van der Waals surface area contributed by atoms with Crippen LogP contribution < -0.4 is 0 Å². The second-order valence-electron chi connectivity index (χ2n) is 3.12. The van der Waals surface area contributed by atoms with Crippen molar-refractivity contribution < 1.29 is 24.5 Å². The summed E-state index contributed by atoms with van der Waals surface area (Å²) in [4.78, 5) is 10.4. The van der Waals surface area contributed by atoms with Crippen molar-refractivity contribution in [1.29, 1.82) is 0 Å². The van der Waals surface area contributed by atoms with E-state index >= 15 is 0 Å². The predicted molar refractivity (Wildman–Crippen MR) is 50.9 cm³/mol. The molecule has 0 radical (unpaired) electrons. The molecule has 0 amide bonds. The molecule has 5 nitrogen and oxygen atoms in total. The molecule has 2 rings (SSSR count). The number of phenolic OH excluding ortho intramolecular Hbond substituents is 1. The van der Waals surface area contributed by atoms with Crippen molar-refractivity contribution in [2.75, 3.05) is 0 Å². The number of rotatable bonds is 2. The van der Waals surface area contributed by atoms with Gasteiger partial charge in [-0.25, -0.2) is 0 Å². The molecule has 1 aromatic carbocycles. The molecule has 78 valence electrons. The van der Waals surface area contributed by atoms with Gasteiger partial charge in [0.15, 0.2) is 11.5 Å². The van der Waals surface area contributed by atoms with Gasteiger partial charge in [0.2, 0.25) is 0 Å². The maximum atomic E-state index is 10.4. The molecule has 1 heterocycles. The van der Waals surface area contributed by atoms with Gasteiger partial charge >= 0.3 is 5.97 Å². The van der Waals surface area contributed by atoms with Gasteiger partial charge in [-0.15, -0.1) is 0 Å². The number of hydrogen-bond donors (Lipinski definition) is 3. The lowest BCUT2D eigenvalue weighted by Crippen LogP contribution is -1.98. The molecule has 15 heavy (non-hydrogen) atoms. The summed E-state index contributed by atoms with van der Waals surface area (Å²) in [6.07, 6.45) is -0.388. The molecular weight excluding hydrogens is 200 g/mol. The van der Waals surface area contributed by atoms with E-state index in [-0.39, 0.29) is 29.3 Å². The topological polar surface area (TPSA) is 90.9 Å². The molecule has 0 atom stereocenters. The minimum Gasteiger partial charge on any atom is -0.508 e. The smallest absolute Gasteiger partial charge is 0.311 e. The zero-order valence-corrected chi connectivity index (χ0v) is 7.60.